The largest absolute Gasteiger partial charge is 0.506 e. The summed E-state index contributed by atoms with van der Waals surface area (Å²) in [5.74, 6) is 0.0763. The molecular formula is C13H9Br2N3O3. The van der Waals surface area contributed by atoms with Gasteiger partial charge in [0, 0.05) is 22.2 Å². The van der Waals surface area contributed by atoms with Crippen molar-refractivity contribution in [3.05, 3.63) is 61.0 Å². The normalized spacial score (nSPS) is 10.8. The number of nitrogens with one attached hydrogen (secondary N) is 1. The number of non-ortho nitro benzene ring substituents is 1. The zero-order chi connectivity index (χ0) is 15.4. The molecule has 0 aliphatic rings. The maximum Gasteiger partial charge on any atom is 0.269 e. The molecule has 0 aliphatic heterocycles. The summed E-state index contributed by atoms with van der Waals surface area (Å²) < 4.78 is 1.35. The highest BCUT2D eigenvalue weighted by molar-refractivity contribution is 9.11. The molecule has 108 valence electrons. The van der Waals surface area contributed by atoms with Crippen LogP contribution in [0, 0.1) is 10.1 Å². The molecule has 2 N–H and O–H groups in total. The van der Waals surface area contributed by atoms with E-state index in [9.17, 15) is 15.2 Å². The molecule has 0 aromatic heterocycles. The summed E-state index contributed by atoms with van der Waals surface area (Å²) in [6.07, 6.45) is 1.45. The summed E-state index contributed by atoms with van der Waals surface area (Å²) >= 11 is 6.55. The Hall–Kier alpha value is -1.93. The van der Waals surface area contributed by atoms with Gasteiger partial charge in [-0.1, -0.05) is 15.9 Å². The van der Waals surface area contributed by atoms with Crippen molar-refractivity contribution in [2.24, 2.45) is 5.10 Å². The van der Waals surface area contributed by atoms with Gasteiger partial charge in [0.1, 0.15) is 5.75 Å². The average Bonchev–Trinajstić information content (AvgIpc) is 2.44. The first-order valence-corrected chi connectivity index (χ1v) is 7.27. The second-order valence-electron chi connectivity index (χ2n) is 4.00. The van der Waals surface area contributed by atoms with Gasteiger partial charge >= 0.3 is 0 Å². The second-order valence-corrected chi connectivity index (χ2v) is 5.77. The van der Waals surface area contributed by atoms with E-state index in [2.05, 4.69) is 42.4 Å². The van der Waals surface area contributed by atoms with E-state index in [1.54, 1.807) is 24.3 Å². The maximum atomic E-state index is 10.5. The van der Waals surface area contributed by atoms with Gasteiger partial charge in [0.25, 0.3) is 5.69 Å². The van der Waals surface area contributed by atoms with Crippen LogP contribution >= 0.6 is 31.9 Å². The van der Waals surface area contributed by atoms with E-state index in [1.807, 2.05) is 0 Å². The monoisotopic (exact) mass is 413 g/mol. The summed E-state index contributed by atoms with van der Waals surface area (Å²) in [4.78, 5) is 10.1. The lowest BCUT2D eigenvalue weighted by molar-refractivity contribution is -0.384. The van der Waals surface area contributed by atoms with Crippen molar-refractivity contribution < 1.29 is 10.0 Å². The molecule has 0 radical (unpaired) electrons. The fourth-order valence-corrected chi connectivity index (χ4v) is 2.78. The smallest absolute Gasteiger partial charge is 0.269 e. The van der Waals surface area contributed by atoms with E-state index in [1.165, 1.54) is 18.3 Å². The topological polar surface area (TPSA) is 87.8 Å². The lowest BCUT2D eigenvalue weighted by Gasteiger charge is -2.03. The van der Waals surface area contributed by atoms with Crippen molar-refractivity contribution in [1.82, 2.24) is 0 Å². The number of rotatable bonds is 4. The first-order chi connectivity index (χ1) is 9.97. The number of phenolic OH excluding ortho intramolecular Hbond substituents is 1. The van der Waals surface area contributed by atoms with Crippen LogP contribution in [0.1, 0.15) is 5.56 Å². The molecule has 0 atom stereocenters. The van der Waals surface area contributed by atoms with Crippen molar-refractivity contribution in [1.29, 1.82) is 0 Å². The summed E-state index contributed by atoms with van der Waals surface area (Å²) in [5.41, 5.74) is 3.86. The average molecular weight is 415 g/mol. The van der Waals surface area contributed by atoms with Crippen LogP contribution in [0.25, 0.3) is 0 Å². The van der Waals surface area contributed by atoms with Crippen molar-refractivity contribution >= 4 is 49.4 Å². The van der Waals surface area contributed by atoms with Gasteiger partial charge in [-0.05, 0) is 40.2 Å². The molecule has 0 unspecified atom stereocenters. The minimum absolute atomic E-state index is 0.0121. The van der Waals surface area contributed by atoms with Gasteiger partial charge in [-0.25, -0.2) is 0 Å². The fraction of sp³-hybridized carbons (Fsp3) is 0. The predicted molar refractivity (Wildman–Crippen MR) is 87.8 cm³/mol. The number of hydrazone groups is 1. The summed E-state index contributed by atoms with van der Waals surface area (Å²) in [6.45, 7) is 0. The van der Waals surface area contributed by atoms with Crippen molar-refractivity contribution in [2.45, 2.75) is 0 Å². The molecule has 0 spiro atoms. The van der Waals surface area contributed by atoms with Crippen LogP contribution in [0.2, 0.25) is 0 Å². The number of phenols is 1. The highest BCUT2D eigenvalue weighted by Crippen LogP contribution is 2.30. The Balaban J connectivity index is 2.10. The Morgan fingerprint density at radius 1 is 1.24 bits per heavy atom. The third-order valence-electron chi connectivity index (χ3n) is 2.53. The molecule has 0 aliphatic carbocycles. The second kappa shape index (κ2) is 6.68. The van der Waals surface area contributed by atoms with Gasteiger partial charge in [0.15, 0.2) is 0 Å². The number of hydrogen-bond acceptors (Lipinski definition) is 5. The molecule has 21 heavy (non-hydrogen) atoms. The van der Waals surface area contributed by atoms with Gasteiger partial charge in [-0.3, -0.25) is 15.5 Å². The quantitative estimate of drug-likeness (QED) is 0.444. The van der Waals surface area contributed by atoms with Crippen LogP contribution in [-0.4, -0.2) is 16.2 Å². The van der Waals surface area contributed by atoms with Crippen LogP contribution in [0.5, 0.6) is 5.75 Å². The number of halogens is 2. The Morgan fingerprint density at radius 2 is 1.90 bits per heavy atom. The molecule has 0 bridgehead atoms. The van der Waals surface area contributed by atoms with E-state index in [4.69, 9.17) is 0 Å². The maximum absolute atomic E-state index is 10.5. The van der Waals surface area contributed by atoms with Crippen LogP contribution < -0.4 is 5.43 Å². The Labute approximate surface area is 136 Å². The zero-order valence-corrected chi connectivity index (χ0v) is 13.6. The van der Waals surface area contributed by atoms with Crippen LogP contribution in [0.3, 0.4) is 0 Å². The van der Waals surface area contributed by atoms with E-state index < -0.39 is 4.92 Å². The van der Waals surface area contributed by atoms with Crippen molar-refractivity contribution in [3.8, 4) is 5.75 Å². The SMILES string of the molecule is O=[N+]([O-])c1ccc(NN=Cc2cc(Br)cc(Br)c2O)cc1. The molecule has 0 heterocycles. The summed E-state index contributed by atoms with van der Waals surface area (Å²) in [5, 5.41) is 24.4. The summed E-state index contributed by atoms with van der Waals surface area (Å²) in [6, 6.07) is 9.28. The standard InChI is InChI=1S/C13H9Br2N3O3/c14-9-5-8(13(19)12(15)6-9)7-16-17-10-1-3-11(4-2-10)18(20)21/h1-7,17,19H. The highest BCUT2D eigenvalue weighted by Gasteiger charge is 2.05. The van der Waals surface area contributed by atoms with Gasteiger partial charge in [-0.2, -0.15) is 5.10 Å². The Kier molecular flexibility index (Phi) is 4.92. The highest BCUT2D eigenvalue weighted by atomic mass is 79.9. The molecule has 2 aromatic rings. The number of anilines is 1. The Morgan fingerprint density at radius 3 is 2.52 bits per heavy atom. The molecule has 0 saturated heterocycles. The van der Waals surface area contributed by atoms with Crippen LogP contribution in [0.15, 0.2) is 50.4 Å². The number of hydrogen-bond donors (Lipinski definition) is 2. The minimum Gasteiger partial charge on any atom is -0.506 e. The number of nitro groups is 1. The number of benzene rings is 2. The molecule has 2 rings (SSSR count). The molecule has 2 aromatic carbocycles. The van der Waals surface area contributed by atoms with E-state index in [0.29, 0.717) is 15.7 Å². The first kappa shape index (κ1) is 15.5. The predicted octanol–water partition coefficient (Wildman–Crippen LogP) is 4.27. The molecule has 0 amide bonds. The molecule has 0 saturated carbocycles. The Bertz CT molecular complexity index is 703. The fourth-order valence-electron chi connectivity index (χ4n) is 1.52. The van der Waals surface area contributed by atoms with Crippen molar-refractivity contribution in [3.63, 3.8) is 0 Å². The summed E-state index contributed by atoms with van der Waals surface area (Å²) in [7, 11) is 0. The molecule has 6 nitrogen and oxygen atoms in total. The van der Waals surface area contributed by atoms with Gasteiger partial charge in [-0.15, -0.1) is 0 Å². The number of nitrogens with zero attached hydrogens (tertiary/aromatic N) is 2. The molecule has 0 fully saturated rings. The minimum atomic E-state index is -0.468. The van der Waals surface area contributed by atoms with E-state index >= 15 is 0 Å². The third kappa shape index (κ3) is 4.02. The number of nitro benzene ring substituents is 1. The lowest BCUT2D eigenvalue weighted by atomic mass is 10.2. The van der Waals surface area contributed by atoms with Crippen molar-refractivity contribution in [2.75, 3.05) is 5.43 Å². The zero-order valence-electron chi connectivity index (χ0n) is 10.5. The van der Waals surface area contributed by atoms with Gasteiger partial charge < -0.3 is 5.11 Å². The molecule has 8 heteroatoms. The van der Waals surface area contributed by atoms with E-state index in [0.717, 1.165) is 4.47 Å². The number of aromatic hydroxyl groups is 1. The molecular weight excluding hydrogens is 406 g/mol. The first-order valence-electron chi connectivity index (χ1n) is 5.69. The van der Waals surface area contributed by atoms with Crippen LogP contribution in [0.4, 0.5) is 11.4 Å². The van der Waals surface area contributed by atoms with Gasteiger partial charge in [0.2, 0.25) is 0 Å². The van der Waals surface area contributed by atoms with E-state index in [-0.39, 0.29) is 11.4 Å². The van der Waals surface area contributed by atoms with Crippen LogP contribution in [-0.2, 0) is 0 Å². The third-order valence-corrected chi connectivity index (χ3v) is 3.60. The lowest BCUT2D eigenvalue weighted by Crippen LogP contribution is -1.92. The van der Waals surface area contributed by atoms with Gasteiger partial charge in [0.05, 0.1) is 21.3 Å².